The van der Waals surface area contributed by atoms with E-state index in [9.17, 15) is 9.90 Å². The van der Waals surface area contributed by atoms with Gasteiger partial charge in [-0.2, -0.15) is 5.10 Å². The third kappa shape index (κ3) is 3.35. The Bertz CT molecular complexity index is 418. The van der Waals surface area contributed by atoms with E-state index < -0.39 is 5.78 Å². The minimum atomic E-state index is -0.433. The summed E-state index contributed by atoms with van der Waals surface area (Å²) in [4.78, 5) is 11.4. The molecular weight excluding hydrogens is 214 g/mol. The van der Waals surface area contributed by atoms with Gasteiger partial charge >= 0.3 is 0 Å². The zero-order valence-corrected chi connectivity index (χ0v) is 8.49. The number of nitrogens with one attached hydrogen (secondary N) is 1. The molecule has 0 spiro atoms. The maximum Gasteiger partial charge on any atom is 0.209 e. The molecule has 0 saturated carbocycles. The van der Waals surface area contributed by atoms with Gasteiger partial charge in [0.25, 0.3) is 0 Å². The molecule has 4 N–H and O–H groups in total. The first-order valence-corrected chi connectivity index (χ1v) is 4.43. The molecule has 0 bridgehead atoms. The van der Waals surface area contributed by atoms with Gasteiger partial charge in [0.05, 0.1) is 11.8 Å². The number of rotatable bonds is 3. The number of benzene rings is 1. The Balaban J connectivity index is 2.74. The van der Waals surface area contributed by atoms with Crippen LogP contribution in [0, 0.1) is 0 Å². The maximum atomic E-state index is 11.4. The fourth-order valence-electron chi connectivity index (χ4n) is 0.906. The molecule has 0 aliphatic rings. The van der Waals surface area contributed by atoms with E-state index in [0.29, 0.717) is 0 Å². The van der Waals surface area contributed by atoms with E-state index in [2.05, 4.69) is 22.7 Å². The molecule has 0 heterocycles. The number of thiocarbonyl (C=S) groups is 1. The first-order chi connectivity index (χ1) is 7.11. The van der Waals surface area contributed by atoms with Crippen molar-refractivity contribution >= 4 is 29.3 Å². The van der Waals surface area contributed by atoms with Crippen LogP contribution in [0.15, 0.2) is 29.4 Å². The second-order valence-electron chi connectivity index (χ2n) is 2.62. The molecule has 1 aromatic rings. The zero-order valence-electron chi connectivity index (χ0n) is 7.68. The SMILES string of the molecule is NC(=S)N/N=C/C(=O)c1ccccc1O. The molecule has 15 heavy (non-hydrogen) atoms. The number of ketones is 1. The standard InChI is InChI=1S/C9H9N3O2S/c10-9(15)12-11-5-8(14)6-3-1-2-4-7(6)13/h1-5,13H,(H3,10,12,15)/b11-5+. The van der Waals surface area contributed by atoms with E-state index in [1.807, 2.05) is 0 Å². The highest BCUT2D eigenvalue weighted by Crippen LogP contribution is 2.14. The monoisotopic (exact) mass is 223 g/mol. The van der Waals surface area contributed by atoms with Crippen LogP contribution in [0.5, 0.6) is 5.75 Å². The molecule has 0 unspecified atom stereocenters. The van der Waals surface area contributed by atoms with Crippen LogP contribution in [0.25, 0.3) is 0 Å². The number of phenolic OH excluding ortho intramolecular Hbond substituents is 1. The highest BCUT2D eigenvalue weighted by molar-refractivity contribution is 7.80. The normalized spacial score (nSPS) is 10.1. The highest BCUT2D eigenvalue weighted by Gasteiger charge is 2.06. The lowest BCUT2D eigenvalue weighted by Gasteiger charge is -1.98. The van der Waals surface area contributed by atoms with Gasteiger partial charge in [0.2, 0.25) is 5.78 Å². The number of hydrazone groups is 1. The topological polar surface area (TPSA) is 87.7 Å². The van der Waals surface area contributed by atoms with E-state index in [0.717, 1.165) is 6.21 Å². The van der Waals surface area contributed by atoms with E-state index in [1.165, 1.54) is 12.1 Å². The summed E-state index contributed by atoms with van der Waals surface area (Å²) >= 11 is 4.48. The van der Waals surface area contributed by atoms with Gasteiger partial charge < -0.3 is 10.8 Å². The molecule has 6 heteroatoms. The Kier molecular flexibility index (Phi) is 3.75. The Hall–Kier alpha value is -1.95. The summed E-state index contributed by atoms with van der Waals surface area (Å²) in [7, 11) is 0. The number of carbonyl (C=O) groups excluding carboxylic acids is 1. The van der Waals surface area contributed by atoms with Crippen molar-refractivity contribution in [1.82, 2.24) is 5.43 Å². The van der Waals surface area contributed by atoms with Gasteiger partial charge in [0.1, 0.15) is 5.75 Å². The molecule has 0 aliphatic carbocycles. The summed E-state index contributed by atoms with van der Waals surface area (Å²) in [5, 5.41) is 12.8. The van der Waals surface area contributed by atoms with Crippen molar-refractivity contribution in [3.63, 3.8) is 0 Å². The molecule has 0 saturated heterocycles. The molecule has 78 valence electrons. The maximum absolute atomic E-state index is 11.4. The number of phenols is 1. The van der Waals surface area contributed by atoms with Gasteiger partial charge in [-0.05, 0) is 24.4 Å². The fourth-order valence-corrected chi connectivity index (χ4v) is 0.959. The fraction of sp³-hybridized carbons (Fsp3) is 0. The van der Waals surface area contributed by atoms with Crippen molar-refractivity contribution in [3.8, 4) is 5.75 Å². The summed E-state index contributed by atoms with van der Waals surface area (Å²) in [6.07, 6.45) is 0.994. The summed E-state index contributed by atoms with van der Waals surface area (Å²) in [5.41, 5.74) is 7.51. The van der Waals surface area contributed by atoms with Crippen molar-refractivity contribution < 1.29 is 9.90 Å². The van der Waals surface area contributed by atoms with Crippen LogP contribution in [-0.4, -0.2) is 22.2 Å². The smallest absolute Gasteiger partial charge is 0.209 e. The Morgan fingerprint density at radius 3 is 2.80 bits per heavy atom. The molecule has 0 atom stereocenters. The van der Waals surface area contributed by atoms with Crippen molar-refractivity contribution in [2.75, 3.05) is 0 Å². The first-order valence-electron chi connectivity index (χ1n) is 4.02. The molecule has 1 rings (SSSR count). The lowest BCUT2D eigenvalue weighted by atomic mass is 10.1. The lowest BCUT2D eigenvalue weighted by molar-refractivity contribution is 0.106. The van der Waals surface area contributed by atoms with Crippen molar-refractivity contribution in [2.45, 2.75) is 0 Å². The molecule has 0 aromatic heterocycles. The largest absolute Gasteiger partial charge is 0.507 e. The van der Waals surface area contributed by atoms with Crippen LogP contribution in [-0.2, 0) is 0 Å². The molecule has 0 amide bonds. The predicted octanol–water partition coefficient (Wildman–Crippen LogP) is 0.394. The number of hydrogen-bond acceptors (Lipinski definition) is 4. The number of nitrogens with two attached hydrogens (primary N) is 1. The van der Waals surface area contributed by atoms with Crippen LogP contribution in [0.2, 0.25) is 0 Å². The number of nitrogens with zero attached hydrogens (tertiary/aromatic N) is 1. The Morgan fingerprint density at radius 2 is 2.20 bits per heavy atom. The van der Waals surface area contributed by atoms with Gasteiger partial charge in [-0.15, -0.1) is 0 Å². The quantitative estimate of drug-likeness (QED) is 0.299. The third-order valence-electron chi connectivity index (χ3n) is 1.53. The third-order valence-corrected chi connectivity index (χ3v) is 1.62. The predicted molar refractivity (Wildman–Crippen MR) is 60.9 cm³/mol. The Labute approximate surface area is 91.6 Å². The summed E-state index contributed by atoms with van der Waals surface area (Å²) in [5.74, 6) is -0.527. The number of carbonyl (C=O) groups is 1. The molecule has 0 aliphatic heterocycles. The molecule has 1 aromatic carbocycles. The summed E-state index contributed by atoms with van der Waals surface area (Å²) in [6.45, 7) is 0. The number of aromatic hydroxyl groups is 1. The van der Waals surface area contributed by atoms with Gasteiger partial charge in [0.15, 0.2) is 5.11 Å². The molecule has 0 fully saturated rings. The van der Waals surface area contributed by atoms with E-state index >= 15 is 0 Å². The van der Waals surface area contributed by atoms with E-state index in [-0.39, 0.29) is 16.4 Å². The summed E-state index contributed by atoms with van der Waals surface area (Å²) in [6, 6.07) is 6.17. The van der Waals surface area contributed by atoms with Gasteiger partial charge in [0, 0.05) is 0 Å². The minimum absolute atomic E-state index is 0.0312. The number of para-hydroxylation sites is 1. The van der Waals surface area contributed by atoms with E-state index in [4.69, 9.17) is 5.73 Å². The Morgan fingerprint density at radius 1 is 1.53 bits per heavy atom. The van der Waals surface area contributed by atoms with Gasteiger partial charge in [-0.1, -0.05) is 12.1 Å². The average molecular weight is 223 g/mol. The van der Waals surface area contributed by atoms with Crippen LogP contribution in [0.3, 0.4) is 0 Å². The first kappa shape index (κ1) is 11.1. The highest BCUT2D eigenvalue weighted by atomic mass is 32.1. The van der Waals surface area contributed by atoms with Crippen LogP contribution in [0.4, 0.5) is 0 Å². The van der Waals surface area contributed by atoms with Gasteiger partial charge in [-0.3, -0.25) is 10.2 Å². The van der Waals surface area contributed by atoms with Crippen molar-refractivity contribution in [1.29, 1.82) is 0 Å². The summed E-state index contributed by atoms with van der Waals surface area (Å²) < 4.78 is 0. The van der Waals surface area contributed by atoms with E-state index in [1.54, 1.807) is 12.1 Å². The molecular formula is C9H9N3O2S. The number of Topliss-reactive ketones (excluding diaryl/α,β-unsaturated/α-hetero) is 1. The second kappa shape index (κ2) is 5.06. The van der Waals surface area contributed by atoms with Crippen LogP contribution in [0.1, 0.15) is 10.4 Å². The van der Waals surface area contributed by atoms with Crippen LogP contribution >= 0.6 is 12.2 Å². The van der Waals surface area contributed by atoms with Gasteiger partial charge in [-0.25, -0.2) is 0 Å². The average Bonchev–Trinajstić information content (AvgIpc) is 2.17. The van der Waals surface area contributed by atoms with Crippen LogP contribution < -0.4 is 11.2 Å². The minimum Gasteiger partial charge on any atom is -0.507 e. The lowest BCUT2D eigenvalue weighted by Crippen LogP contribution is -2.24. The van der Waals surface area contributed by atoms with Crippen molar-refractivity contribution in [2.24, 2.45) is 10.8 Å². The second-order valence-corrected chi connectivity index (χ2v) is 3.06. The zero-order chi connectivity index (χ0) is 11.3. The molecule has 0 radical (unpaired) electrons. The molecule has 5 nitrogen and oxygen atoms in total. The van der Waals surface area contributed by atoms with Crippen molar-refractivity contribution in [3.05, 3.63) is 29.8 Å². The number of hydrogen-bond donors (Lipinski definition) is 3.